The number of carbonyl (C=O) groups is 1. The summed E-state index contributed by atoms with van der Waals surface area (Å²) in [6, 6.07) is 7.41. The van der Waals surface area contributed by atoms with Gasteiger partial charge in [-0.05, 0) is 18.2 Å². The Labute approximate surface area is 101 Å². The Morgan fingerprint density at radius 3 is 3.06 bits per heavy atom. The van der Waals surface area contributed by atoms with Gasteiger partial charge in [-0.3, -0.25) is 4.79 Å². The average Bonchev–Trinajstić information content (AvgIpc) is 2.70. The highest BCUT2D eigenvalue weighted by Gasteiger charge is 2.03. The predicted molar refractivity (Wildman–Crippen MR) is 62.8 cm³/mol. The number of nitrogens with zero attached hydrogens (tertiary/aromatic N) is 3. The van der Waals surface area contributed by atoms with Crippen molar-refractivity contribution >= 4 is 27.5 Å². The van der Waals surface area contributed by atoms with E-state index >= 15 is 0 Å². The van der Waals surface area contributed by atoms with Crippen molar-refractivity contribution in [3.05, 3.63) is 41.4 Å². The van der Waals surface area contributed by atoms with Crippen molar-refractivity contribution < 1.29 is 4.79 Å². The molecule has 1 aromatic carbocycles. The number of benzene rings is 1. The van der Waals surface area contributed by atoms with E-state index in [0.717, 1.165) is 10.2 Å². The maximum Gasteiger partial charge on any atom is 0.246 e. The van der Waals surface area contributed by atoms with E-state index in [1.165, 1.54) is 17.3 Å². The van der Waals surface area contributed by atoms with E-state index in [2.05, 4.69) is 31.3 Å². The van der Waals surface area contributed by atoms with Crippen molar-refractivity contribution in [3.8, 4) is 0 Å². The number of nitrogens with one attached hydrogen (secondary N) is 1. The monoisotopic (exact) mass is 280 g/mol. The first-order valence-electron chi connectivity index (χ1n) is 4.62. The van der Waals surface area contributed by atoms with Gasteiger partial charge in [0.25, 0.3) is 0 Å². The molecule has 0 saturated heterocycles. The highest BCUT2D eigenvalue weighted by atomic mass is 79.9. The zero-order valence-electron chi connectivity index (χ0n) is 8.30. The number of halogens is 1. The van der Waals surface area contributed by atoms with Gasteiger partial charge >= 0.3 is 0 Å². The summed E-state index contributed by atoms with van der Waals surface area (Å²) < 4.78 is 2.39. The number of rotatable bonds is 3. The molecule has 1 N–H and O–H groups in total. The van der Waals surface area contributed by atoms with Crippen molar-refractivity contribution in [1.82, 2.24) is 14.8 Å². The summed E-state index contributed by atoms with van der Waals surface area (Å²) >= 11 is 3.33. The Morgan fingerprint density at radius 2 is 2.38 bits per heavy atom. The first-order chi connectivity index (χ1) is 7.74. The lowest BCUT2D eigenvalue weighted by Gasteiger charge is -2.05. The molecule has 0 saturated carbocycles. The molecule has 82 valence electrons. The van der Waals surface area contributed by atoms with E-state index in [4.69, 9.17) is 0 Å². The number of carbonyl (C=O) groups excluding carboxylic acids is 1. The molecule has 2 rings (SSSR count). The van der Waals surface area contributed by atoms with Crippen LogP contribution in [0.4, 0.5) is 5.69 Å². The van der Waals surface area contributed by atoms with Crippen LogP contribution in [0.5, 0.6) is 0 Å². The molecule has 16 heavy (non-hydrogen) atoms. The van der Waals surface area contributed by atoms with Crippen molar-refractivity contribution in [3.63, 3.8) is 0 Å². The lowest BCUT2D eigenvalue weighted by atomic mass is 10.3. The fraction of sp³-hybridized carbons (Fsp3) is 0.100. The van der Waals surface area contributed by atoms with Crippen molar-refractivity contribution in [2.24, 2.45) is 0 Å². The number of aromatic nitrogens is 3. The van der Waals surface area contributed by atoms with E-state index < -0.39 is 0 Å². The fourth-order valence-corrected chi connectivity index (χ4v) is 1.63. The summed E-state index contributed by atoms with van der Waals surface area (Å²) in [5.74, 6) is -0.136. The molecule has 6 heteroatoms. The first-order valence-corrected chi connectivity index (χ1v) is 5.41. The minimum absolute atomic E-state index is 0.136. The molecule has 0 unspecified atom stereocenters. The number of anilines is 1. The van der Waals surface area contributed by atoms with Crippen LogP contribution >= 0.6 is 15.9 Å². The molecular formula is C10H9BrN4O. The van der Waals surface area contributed by atoms with E-state index in [1.54, 1.807) is 0 Å². The second-order valence-electron chi connectivity index (χ2n) is 3.15. The van der Waals surface area contributed by atoms with Crippen LogP contribution in [-0.4, -0.2) is 20.7 Å². The Balaban J connectivity index is 1.97. The van der Waals surface area contributed by atoms with Crippen LogP contribution in [0, 0.1) is 0 Å². The standard InChI is InChI=1S/C10H9BrN4O/c11-8-2-1-3-9(4-8)14-10(16)5-15-7-12-6-13-15/h1-4,6-7H,5H2,(H,14,16). The van der Waals surface area contributed by atoms with Crippen molar-refractivity contribution in [2.45, 2.75) is 6.54 Å². The summed E-state index contributed by atoms with van der Waals surface area (Å²) in [4.78, 5) is 15.3. The molecular weight excluding hydrogens is 272 g/mol. The van der Waals surface area contributed by atoms with Gasteiger partial charge in [0.15, 0.2) is 0 Å². The van der Waals surface area contributed by atoms with Crippen molar-refractivity contribution in [2.75, 3.05) is 5.32 Å². The maximum absolute atomic E-state index is 11.6. The molecule has 1 amide bonds. The van der Waals surface area contributed by atoms with E-state index in [9.17, 15) is 4.79 Å². The molecule has 0 fully saturated rings. The van der Waals surface area contributed by atoms with Crippen LogP contribution in [-0.2, 0) is 11.3 Å². The fourth-order valence-electron chi connectivity index (χ4n) is 1.23. The second-order valence-corrected chi connectivity index (χ2v) is 4.07. The average molecular weight is 281 g/mol. The van der Waals surface area contributed by atoms with Gasteiger partial charge in [0.05, 0.1) is 0 Å². The maximum atomic E-state index is 11.6. The normalized spacial score (nSPS) is 10.1. The van der Waals surface area contributed by atoms with E-state index in [-0.39, 0.29) is 12.5 Å². The molecule has 5 nitrogen and oxygen atoms in total. The summed E-state index contributed by atoms with van der Waals surface area (Å²) in [5.41, 5.74) is 0.750. The SMILES string of the molecule is O=C(Cn1cncn1)Nc1cccc(Br)c1. The Bertz CT molecular complexity index is 483. The quantitative estimate of drug-likeness (QED) is 0.931. The third-order valence-corrected chi connectivity index (χ3v) is 2.37. The van der Waals surface area contributed by atoms with Crippen LogP contribution in [0.25, 0.3) is 0 Å². The Hall–Kier alpha value is -1.69. The minimum Gasteiger partial charge on any atom is -0.324 e. The molecule has 0 bridgehead atoms. The Morgan fingerprint density at radius 1 is 1.50 bits per heavy atom. The molecule has 0 aliphatic heterocycles. The Kier molecular flexibility index (Phi) is 3.31. The van der Waals surface area contributed by atoms with E-state index in [0.29, 0.717) is 0 Å². The van der Waals surface area contributed by atoms with Gasteiger partial charge in [0, 0.05) is 10.2 Å². The van der Waals surface area contributed by atoms with Crippen LogP contribution < -0.4 is 5.32 Å². The third-order valence-electron chi connectivity index (χ3n) is 1.88. The van der Waals surface area contributed by atoms with Crippen molar-refractivity contribution in [1.29, 1.82) is 0 Å². The van der Waals surface area contributed by atoms with Gasteiger partial charge in [-0.2, -0.15) is 5.10 Å². The molecule has 2 aromatic rings. The molecule has 0 aliphatic carbocycles. The van der Waals surface area contributed by atoms with Crippen LogP contribution in [0.2, 0.25) is 0 Å². The first kappa shape index (κ1) is 10.8. The highest BCUT2D eigenvalue weighted by molar-refractivity contribution is 9.10. The summed E-state index contributed by atoms with van der Waals surface area (Å²) in [7, 11) is 0. The molecule has 0 spiro atoms. The number of amides is 1. The van der Waals surface area contributed by atoms with Gasteiger partial charge < -0.3 is 5.32 Å². The van der Waals surface area contributed by atoms with Crippen LogP contribution in [0.1, 0.15) is 0 Å². The lowest BCUT2D eigenvalue weighted by molar-refractivity contribution is -0.116. The largest absolute Gasteiger partial charge is 0.324 e. The zero-order chi connectivity index (χ0) is 11.4. The minimum atomic E-state index is -0.136. The number of hydrogen-bond donors (Lipinski definition) is 1. The summed E-state index contributed by atoms with van der Waals surface area (Å²) in [6.07, 6.45) is 2.90. The van der Waals surface area contributed by atoms with Gasteiger partial charge in [-0.25, -0.2) is 9.67 Å². The molecule has 1 heterocycles. The lowest BCUT2D eigenvalue weighted by Crippen LogP contribution is -2.18. The van der Waals surface area contributed by atoms with Gasteiger partial charge in [0.2, 0.25) is 5.91 Å². The second kappa shape index (κ2) is 4.89. The molecule has 1 aromatic heterocycles. The topological polar surface area (TPSA) is 59.8 Å². The van der Waals surface area contributed by atoms with Gasteiger partial charge in [0.1, 0.15) is 19.2 Å². The summed E-state index contributed by atoms with van der Waals surface area (Å²) in [5, 5.41) is 6.61. The van der Waals surface area contributed by atoms with E-state index in [1.807, 2.05) is 24.3 Å². The predicted octanol–water partition coefficient (Wildman–Crippen LogP) is 1.68. The smallest absolute Gasteiger partial charge is 0.246 e. The zero-order valence-corrected chi connectivity index (χ0v) is 9.89. The molecule has 0 atom stereocenters. The van der Waals surface area contributed by atoms with Crippen LogP contribution in [0.15, 0.2) is 41.4 Å². The molecule has 0 radical (unpaired) electrons. The molecule has 0 aliphatic rings. The third kappa shape index (κ3) is 2.90. The summed E-state index contributed by atoms with van der Waals surface area (Å²) in [6.45, 7) is 0.159. The van der Waals surface area contributed by atoms with Gasteiger partial charge in [-0.15, -0.1) is 0 Å². The number of hydrogen-bond acceptors (Lipinski definition) is 3. The van der Waals surface area contributed by atoms with Crippen LogP contribution in [0.3, 0.4) is 0 Å². The van der Waals surface area contributed by atoms with Gasteiger partial charge in [-0.1, -0.05) is 22.0 Å². The highest BCUT2D eigenvalue weighted by Crippen LogP contribution is 2.15.